The molecule has 3 aromatic carbocycles. The molecule has 3 N–H and O–H groups in total. The summed E-state index contributed by atoms with van der Waals surface area (Å²) in [4.78, 5) is 33.0. The van der Waals surface area contributed by atoms with Crippen molar-refractivity contribution < 1.29 is 19.1 Å². The third kappa shape index (κ3) is 5.83. The topological polar surface area (TPSA) is 104 Å². The number of allylic oxidation sites excluding steroid dienone is 1. The Bertz CT molecular complexity index is 2000. The molecule has 6 rings (SSSR count). The number of hydrogen-bond donors (Lipinski definition) is 2. The van der Waals surface area contributed by atoms with Crippen LogP contribution in [-0.4, -0.2) is 30.9 Å². The quantitative estimate of drug-likeness (QED) is 0.125. The third-order valence-electron chi connectivity index (χ3n) is 7.04. The van der Waals surface area contributed by atoms with Gasteiger partial charge in [-0.05, 0) is 77.2 Å². The number of nitrogens with one attached hydrogen (secondary N) is 1. The van der Waals surface area contributed by atoms with Gasteiger partial charge in [-0.15, -0.1) is 22.7 Å². The van der Waals surface area contributed by atoms with Crippen molar-refractivity contribution in [2.75, 3.05) is 25.3 Å². The SMILES string of the molecule is COc1ccc(-c2cc(-c3ccccc3)nc3sc(C(=O)Nc4ccc(C(=O)C=Cc5cccs5)cc4)c(N)c23)cc1OC. The van der Waals surface area contributed by atoms with Crippen LogP contribution in [0.5, 0.6) is 11.5 Å². The maximum atomic E-state index is 13.5. The first-order valence-electron chi connectivity index (χ1n) is 13.6. The van der Waals surface area contributed by atoms with E-state index in [1.165, 1.54) is 11.3 Å². The van der Waals surface area contributed by atoms with Crippen molar-refractivity contribution in [3.05, 3.63) is 118 Å². The van der Waals surface area contributed by atoms with Gasteiger partial charge in [0.05, 0.1) is 25.6 Å². The number of fused-ring (bicyclic) bond motifs is 1. The number of anilines is 2. The van der Waals surface area contributed by atoms with E-state index in [0.29, 0.717) is 43.5 Å². The Kier molecular flexibility index (Phi) is 8.23. The van der Waals surface area contributed by atoms with Gasteiger partial charge in [0, 0.05) is 27.1 Å². The van der Waals surface area contributed by atoms with E-state index in [-0.39, 0.29) is 11.7 Å². The van der Waals surface area contributed by atoms with Gasteiger partial charge in [0.1, 0.15) is 9.71 Å². The van der Waals surface area contributed by atoms with Crippen molar-refractivity contribution in [3.63, 3.8) is 0 Å². The summed E-state index contributed by atoms with van der Waals surface area (Å²) in [6.45, 7) is 0. The lowest BCUT2D eigenvalue weighted by Gasteiger charge is -2.12. The van der Waals surface area contributed by atoms with Crippen molar-refractivity contribution >= 4 is 62.0 Å². The van der Waals surface area contributed by atoms with Gasteiger partial charge in [-0.3, -0.25) is 9.59 Å². The highest BCUT2D eigenvalue weighted by molar-refractivity contribution is 7.21. The molecule has 3 heterocycles. The minimum absolute atomic E-state index is 0.118. The molecule has 7 nitrogen and oxygen atoms in total. The number of nitrogens with two attached hydrogens (primary N) is 1. The first kappa shape index (κ1) is 28.9. The molecule has 1 amide bonds. The summed E-state index contributed by atoms with van der Waals surface area (Å²) in [6, 6.07) is 28.1. The van der Waals surface area contributed by atoms with Gasteiger partial charge in [-0.1, -0.05) is 42.5 Å². The fourth-order valence-corrected chi connectivity index (χ4v) is 6.46. The van der Waals surface area contributed by atoms with Gasteiger partial charge in [0.2, 0.25) is 0 Å². The van der Waals surface area contributed by atoms with Crippen molar-refractivity contribution in [2.24, 2.45) is 0 Å². The number of aromatic nitrogens is 1. The van der Waals surface area contributed by atoms with E-state index in [9.17, 15) is 9.59 Å². The molecule has 0 fully saturated rings. The zero-order chi connectivity index (χ0) is 30.6. The van der Waals surface area contributed by atoms with E-state index < -0.39 is 0 Å². The second kappa shape index (κ2) is 12.5. The Balaban J connectivity index is 1.34. The number of thiophene rings is 2. The summed E-state index contributed by atoms with van der Waals surface area (Å²) < 4.78 is 11.0. The normalized spacial score (nSPS) is 11.1. The van der Waals surface area contributed by atoms with Gasteiger partial charge in [0.15, 0.2) is 17.3 Å². The summed E-state index contributed by atoms with van der Waals surface area (Å²) in [7, 11) is 3.18. The summed E-state index contributed by atoms with van der Waals surface area (Å²) in [6.07, 6.45) is 3.34. The van der Waals surface area contributed by atoms with Crippen LogP contribution in [0.1, 0.15) is 24.9 Å². The molecule has 0 spiro atoms. The van der Waals surface area contributed by atoms with Gasteiger partial charge < -0.3 is 20.5 Å². The standard InChI is InChI=1S/C35H27N3O4S2/c1-41-29-17-12-23(19-30(29)42-2)26-20-27(21-7-4-3-5-8-21)38-35-31(26)32(36)33(44-35)34(40)37-24-13-10-22(11-14-24)28(39)16-15-25-9-6-18-43-25/h3-20H,36H2,1-2H3,(H,37,40). The molecule has 9 heteroatoms. The Hall–Kier alpha value is -5.25. The number of nitrogens with zero attached hydrogens (tertiary/aromatic N) is 1. The Morgan fingerprint density at radius 1 is 0.864 bits per heavy atom. The molecule has 6 aromatic rings. The summed E-state index contributed by atoms with van der Waals surface area (Å²) in [5.41, 5.74) is 11.5. The molecule has 0 atom stereocenters. The highest BCUT2D eigenvalue weighted by Crippen LogP contribution is 2.43. The number of hydrogen-bond acceptors (Lipinski definition) is 8. The number of carbonyl (C=O) groups is 2. The number of nitrogen functional groups attached to an aromatic ring is 1. The van der Waals surface area contributed by atoms with Crippen LogP contribution < -0.4 is 20.5 Å². The Labute approximate surface area is 262 Å². The maximum Gasteiger partial charge on any atom is 0.267 e. The zero-order valence-corrected chi connectivity index (χ0v) is 25.5. The number of rotatable bonds is 9. The lowest BCUT2D eigenvalue weighted by Crippen LogP contribution is -2.12. The summed E-state index contributed by atoms with van der Waals surface area (Å²) >= 11 is 2.79. The van der Waals surface area contributed by atoms with E-state index in [1.807, 2.05) is 72.1 Å². The molecule has 0 aliphatic rings. The lowest BCUT2D eigenvalue weighted by atomic mass is 9.99. The third-order valence-corrected chi connectivity index (χ3v) is 8.97. The number of amides is 1. The molecule has 0 bridgehead atoms. The number of methoxy groups -OCH3 is 2. The van der Waals surface area contributed by atoms with E-state index in [2.05, 4.69) is 5.32 Å². The minimum Gasteiger partial charge on any atom is -0.493 e. The maximum absolute atomic E-state index is 13.5. The number of ketones is 1. The van der Waals surface area contributed by atoms with Crippen LogP contribution in [0, 0.1) is 0 Å². The number of benzene rings is 3. The minimum atomic E-state index is -0.360. The van der Waals surface area contributed by atoms with Crippen molar-refractivity contribution in [1.29, 1.82) is 0 Å². The smallest absolute Gasteiger partial charge is 0.267 e. The lowest BCUT2D eigenvalue weighted by molar-refractivity contribution is 0.102. The van der Waals surface area contributed by atoms with Crippen molar-refractivity contribution in [2.45, 2.75) is 0 Å². The molecule has 0 radical (unpaired) electrons. The highest BCUT2D eigenvalue weighted by atomic mass is 32.1. The molecule has 0 aliphatic heterocycles. The van der Waals surface area contributed by atoms with E-state index in [4.69, 9.17) is 20.2 Å². The van der Waals surface area contributed by atoms with Crippen LogP contribution in [0.4, 0.5) is 11.4 Å². The first-order valence-corrected chi connectivity index (χ1v) is 15.3. The monoisotopic (exact) mass is 617 g/mol. The molecule has 3 aromatic heterocycles. The Morgan fingerprint density at radius 3 is 2.34 bits per heavy atom. The van der Waals surface area contributed by atoms with Crippen LogP contribution >= 0.6 is 22.7 Å². The number of pyridine rings is 1. The van der Waals surface area contributed by atoms with Crippen LogP contribution in [0.2, 0.25) is 0 Å². The van der Waals surface area contributed by atoms with Crippen LogP contribution in [0.3, 0.4) is 0 Å². The van der Waals surface area contributed by atoms with Crippen molar-refractivity contribution in [1.82, 2.24) is 4.98 Å². The average Bonchev–Trinajstić information content (AvgIpc) is 3.71. The van der Waals surface area contributed by atoms with E-state index in [1.54, 1.807) is 62.0 Å². The molecule has 0 saturated heterocycles. The molecule has 44 heavy (non-hydrogen) atoms. The average molecular weight is 618 g/mol. The van der Waals surface area contributed by atoms with Crippen molar-refractivity contribution in [3.8, 4) is 33.9 Å². The molecule has 0 unspecified atom stereocenters. The molecule has 0 aliphatic carbocycles. The molecule has 0 saturated carbocycles. The largest absolute Gasteiger partial charge is 0.493 e. The van der Waals surface area contributed by atoms with E-state index in [0.717, 1.165) is 27.3 Å². The van der Waals surface area contributed by atoms with Gasteiger partial charge in [0.25, 0.3) is 5.91 Å². The van der Waals surface area contributed by atoms with Crippen LogP contribution in [-0.2, 0) is 0 Å². The predicted octanol–water partition coefficient (Wildman–Crippen LogP) is 8.44. The highest BCUT2D eigenvalue weighted by Gasteiger charge is 2.22. The van der Waals surface area contributed by atoms with Crippen LogP contribution in [0.25, 0.3) is 38.7 Å². The van der Waals surface area contributed by atoms with Gasteiger partial charge in [-0.2, -0.15) is 0 Å². The van der Waals surface area contributed by atoms with E-state index >= 15 is 0 Å². The number of ether oxygens (including phenoxy) is 2. The fourth-order valence-electron chi connectivity index (χ4n) is 4.82. The zero-order valence-electron chi connectivity index (χ0n) is 23.9. The predicted molar refractivity (Wildman–Crippen MR) is 180 cm³/mol. The second-order valence-electron chi connectivity index (χ2n) is 9.76. The fraction of sp³-hybridized carbons (Fsp3) is 0.0571. The molecular formula is C35H27N3O4S2. The first-order chi connectivity index (χ1) is 21.4. The van der Waals surface area contributed by atoms with Gasteiger partial charge in [-0.25, -0.2) is 4.98 Å². The molecular weight excluding hydrogens is 591 g/mol. The molecule has 218 valence electrons. The van der Waals surface area contributed by atoms with Gasteiger partial charge >= 0.3 is 0 Å². The van der Waals surface area contributed by atoms with Crippen LogP contribution in [0.15, 0.2) is 102 Å². The Morgan fingerprint density at radius 2 is 1.64 bits per heavy atom. The summed E-state index contributed by atoms with van der Waals surface area (Å²) in [5.74, 6) is 0.705. The number of carbonyl (C=O) groups excluding carboxylic acids is 2. The second-order valence-corrected chi connectivity index (χ2v) is 11.7. The summed E-state index contributed by atoms with van der Waals surface area (Å²) in [5, 5.41) is 5.56.